The second-order valence-corrected chi connectivity index (χ2v) is 3.64. The molecule has 0 aliphatic heterocycles. The Morgan fingerprint density at radius 2 is 2.41 bits per heavy atom. The summed E-state index contributed by atoms with van der Waals surface area (Å²) in [5.41, 5.74) is 9.00. The van der Waals surface area contributed by atoms with Gasteiger partial charge in [0.15, 0.2) is 0 Å². The van der Waals surface area contributed by atoms with Gasteiger partial charge in [0.1, 0.15) is 11.8 Å². The molecule has 0 radical (unpaired) electrons. The van der Waals surface area contributed by atoms with Crippen LogP contribution in [0.3, 0.4) is 0 Å². The maximum absolute atomic E-state index is 11.3. The van der Waals surface area contributed by atoms with E-state index < -0.39 is 12.0 Å². The van der Waals surface area contributed by atoms with Crippen LogP contribution in [0.25, 0.3) is 10.4 Å². The van der Waals surface area contributed by atoms with E-state index in [-0.39, 0.29) is 17.2 Å². The number of azide groups is 1. The normalized spacial score (nSPS) is 11.4. The summed E-state index contributed by atoms with van der Waals surface area (Å²) in [4.78, 5) is 13.9. The molecule has 0 heterocycles. The molecule has 17 heavy (non-hydrogen) atoms. The number of hydrogen-bond donors (Lipinski definition) is 1. The molecule has 0 aliphatic carbocycles. The summed E-state index contributed by atoms with van der Waals surface area (Å²) in [5.74, 6) is -0.666. The molecular weight excluding hydrogens is 246 g/mol. The van der Waals surface area contributed by atoms with E-state index in [0.717, 1.165) is 0 Å². The van der Waals surface area contributed by atoms with Gasteiger partial charge in [-0.05, 0) is 29.6 Å². The van der Waals surface area contributed by atoms with Crippen LogP contribution in [0.15, 0.2) is 23.3 Å². The average Bonchev–Trinajstić information content (AvgIpc) is 2.32. The van der Waals surface area contributed by atoms with E-state index in [0.29, 0.717) is 5.56 Å². The number of esters is 1. The fourth-order valence-electron chi connectivity index (χ4n) is 1.27. The van der Waals surface area contributed by atoms with E-state index in [9.17, 15) is 9.90 Å². The molecular formula is C10H10ClN3O3. The van der Waals surface area contributed by atoms with Crippen LogP contribution in [0.1, 0.15) is 5.56 Å². The Labute approximate surface area is 102 Å². The van der Waals surface area contributed by atoms with Gasteiger partial charge in [-0.3, -0.25) is 4.79 Å². The van der Waals surface area contributed by atoms with Gasteiger partial charge in [0.05, 0.1) is 12.1 Å². The lowest BCUT2D eigenvalue weighted by Crippen LogP contribution is -2.22. The van der Waals surface area contributed by atoms with Gasteiger partial charge < -0.3 is 9.84 Å². The minimum absolute atomic E-state index is 0.0474. The third kappa shape index (κ3) is 3.55. The lowest BCUT2D eigenvalue weighted by Gasteiger charge is -2.09. The molecule has 1 aromatic carbocycles. The number of phenols is 1. The number of aromatic hydroxyl groups is 1. The average molecular weight is 256 g/mol. The van der Waals surface area contributed by atoms with Crippen LogP contribution < -0.4 is 0 Å². The summed E-state index contributed by atoms with van der Waals surface area (Å²) in [5, 5.41) is 12.7. The van der Waals surface area contributed by atoms with Gasteiger partial charge in [-0.25, -0.2) is 0 Å². The first-order chi connectivity index (χ1) is 8.08. The first-order valence-corrected chi connectivity index (χ1v) is 5.05. The van der Waals surface area contributed by atoms with E-state index in [1.54, 1.807) is 6.07 Å². The molecule has 0 fully saturated rings. The first kappa shape index (κ1) is 13.2. The van der Waals surface area contributed by atoms with Crippen LogP contribution in [0.2, 0.25) is 5.02 Å². The number of ether oxygens (including phenoxy) is 1. The van der Waals surface area contributed by atoms with Crippen LogP contribution in [0, 0.1) is 0 Å². The quantitative estimate of drug-likeness (QED) is 0.387. The minimum Gasteiger partial charge on any atom is -0.506 e. The number of benzene rings is 1. The smallest absolute Gasteiger partial charge is 0.314 e. The van der Waals surface area contributed by atoms with E-state index in [2.05, 4.69) is 14.8 Å². The summed E-state index contributed by atoms with van der Waals surface area (Å²) < 4.78 is 4.50. The Balaban J connectivity index is 2.89. The van der Waals surface area contributed by atoms with E-state index >= 15 is 0 Å². The molecule has 7 heteroatoms. The number of methoxy groups -OCH3 is 1. The summed E-state index contributed by atoms with van der Waals surface area (Å²) in [6.45, 7) is 0. The monoisotopic (exact) mass is 255 g/mol. The Morgan fingerprint density at radius 3 is 2.94 bits per heavy atom. The largest absolute Gasteiger partial charge is 0.506 e. The fraction of sp³-hybridized carbons (Fsp3) is 0.300. The maximum Gasteiger partial charge on any atom is 0.314 e. The lowest BCUT2D eigenvalue weighted by molar-refractivity contribution is -0.142. The number of phenolic OH excluding ortho intramolecular Hbond substituents is 1. The molecule has 0 saturated heterocycles. The van der Waals surface area contributed by atoms with Crippen LogP contribution in [0.4, 0.5) is 0 Å². The highest BCUT2D eigenvalue weighted by molar-refractivity contribution is 6.32. The van der Waals surface area contributed by atoms with Crippen LogP contribution in [-0.4, -0.2) is 24.2 Å². The molecule has 1 atom stereocenters. The summed E-state index contributed by atoms with van der Waals surface area (Å²) >= 11 is 5.72. The Bertz CT molecular complexity index is 472. The lowest BCUT2D eigenvalue weighted by atomic mass is 10.1. The molecule has 1 rings (SSSR count). The number of halogens is 1. The Hall–Kier alpha value is -1.91. The molecule has 0 bridgehead atoms. The number of hydrogen-bond acceptors (Lipinski definition) is 4. The predicted octanol–water partition coefficient (Wildman–Crippen LogP) is 2.44. The highest BCUT2D eigenvalue weighted by Crippen LogP contribution is 2.24. The van der Waals surface area contributed by atoms with Gasteiger partial charge in [0.25, 0.3) is 0 Å². The van der Waals surface area contributed by atoms with Crippen LogP contribution in [-0.2, 0) is 16.0 Å². The van der Waals surface area contributed by atoms with Gasteiger partial charge in [0.2, 0.25) is 0 Å². The van der Waals surface area contributed by atoms with Gasteiger partial charge >= 0.3 is 5.97 Å². The zero-order valence-corrected chi connectivity index (χ0v) is 9.76. The maximum atomic E-state index is 11.3. The SMILES string of the molecule is COC(=O)[C@H](Cc1ccc(O)c(Cl)c1)N=[N+]=[N-]. The molecule has 1 aromatic rings. The second-order valence-electron chi connectivity index (χ2n) is 3.23. The zero-order chi connectivity index (χ0) is 12.8. The molecule has 6 nitrogen and oxygen atoms in total. The highest BCUT2D eigenvalue weighted by Gasteiger charge is 2.18. The number of carbonyl (C=O) groups excluding carboxylic acids is 1. The van der Waals surface area contributed by atoms with Crippen LogP contribution in [0.5, 0.6) is 5.75 Å². The molecule has 0 spiro atoms. The minimum atomic E-state index is -0.939. The predicted molar refractivity (Wildman–Crippen MR) is 61.8 cm³/mol. The molecule has 1 N–H and O–H groups in total. The summed E-state index contributed by atoms with van der Waals surface area (Å²) in [6.07, 6.45) is 0.163. The van der Waals surface area contributed by atoms with Crippen molar-refractivity contribution in [1.82, 2.24) is 0 Å². The Morgan fingerprint density at radius 1 is 1.71 bits per heavy atom. The van der Waals surface area contributed by atoms with Gasteiger partial charge in [-0.1, -0.05) is 22.8 Å². The van der Waals surface area contributed by atoms with Crippen molar-refractivity contribution < 1.29 is 14.6 Å². The van der Waals surface area contributed by atoms with Crippen LogP contribution >= 0.6 is 11.6 Å². The number of nitrogens with zero attached hydrogens (tertiary/aromatic N) is 3. The van der Waals surface area contributed by atoms with Crippen molar-refractivity contribution in [1.29, 1.82) is 0 Å². The van der Waals surface area contributed by atoms with E-state index in [4.69, 9.17) is 17.1 Å². The highest BCUT2D eigenvalue weighted by atomic mass is 35.5. The Kier molecular flexibility index (Phi) is 4.63. The van der Waals surface area contributed by atoms with Crippen molar-refractivity contribution in [2.75, 3.05) is 7.11 Å². The summed E-state index contributed by atoms with van der Waals surface area (Å²) in [7, 11) is 1.21. The van der Waals surface area contributed by atoms with Crippen molar-refractivity contribution in [3.05, 3.63) is 39.2 Å². The second kappa shape index (κ2) is 5.98. The zero-order valence-electron chi connectivity index (χ0n) is 9.00. The van der Waals surface area contributed by atoms with E-state index in [1.165, 1.54) is 19.2 Å². The molecule has 0 unspecified atom stereocenters. The van der Waals surface area contributed by atoms with E-state index in [1.807, 2.05) is 0 Å². The molecule has 0 saturated carbocycles. The van der Waals surface area contributed by atoms with Crippen molar-refractivity contribution in [2.24, 2.45) is 5.11 Å². The third-order valence-corrected chi connectivity index (χ3v) is 2.41. The topological polar surface area (TPSA) is 95.3 Å². The molecule has 0 aromatic heterocycles. The standard InChI is InChI=1S/C10H10ClN3O3/c1-17-10(16)8(13-14-12)5-6-2-3-9(15)7(11)4-6/h2-4,8,15H,5H2,1H3/t8-/m0/s1. The molecule has 0 aliphatic rings. The van der Waals surface area contributed by atoms with Crippen molar-refractivity contribution in [3.63, 3.8) is 0 Å². The third-order valence-electron chi connectivity index (χ3n) is 2.11. The number of carbonyl (C=O) groups is 1. The van der Waals surface area contributed by atoms with Gasteiger partial charge in [-0.2, -0.15) is 0 Å². The van der Waals surface area contributed by atoms with Gasteiger partial charge in [-0.15, -0.1) is 0 Å². The van der Waals surface area contributed by atoms with Crippen molar-refractivity contribution in [2.45, 2.75) is 12.5 Å². The molecule has 0 amide bonds. The fourth-order valence-corrected chi connectivity index (χ4v) is 1.47. The summed E-state index contributed by atoms with van der Waals surface area (Å²) in [6, 6.07) is 3.55. The van der Waals surface area contributed by atoms with Gasteiger partial charge in [0, 0.05) is 4.91 Å². The van der Waals surface area contributed by atoms with Crippen molar-refractivity contribution >= 4 is 17.6 Å². The number of rotatable bonds is 4. The first-order valence-electron chi connectivity index (χ1n) is 4.68. The van der Waals surface area contributed by atoms with Crippen molar-refractivity contribution in [3.8, 4) is 5.75 Å². The molecule has 90 valence electrons.